The lowest BCUT2D eigenvalue weighted by Gasteiger charge is -2.30. The number of halogens is 3. The van der Waals surface area contributed by atoms with Gasteiger partial charge < -0.3 is 5.32 Å². The first-order chi connectivity index (χ1) is 9.54. The Morgan fingerprint density at radius 1 is 1.20 bits per heavy atom. The molecule has 0 amide bonds. The normalized spacial score (nSPS) is 17.2. The Bertz CT molecular complexity index is 623. The molecule has 1 unspecified atom stereocenters. The number of pyridine rings is 1. The second-order valence-corrected chi connectivity index (χ2v) is 4.91. The number of rotatable bonds is 3. The number of aromatic nitrogens is 1. The van der Waals surface area contributed by atoms with E-state index in [-0.39, 0.29) is 5.82 Å². The Labute approximate surface area is 114 Å². The minimum atomic E-state index is -4.33. The predicted octanol–water partition coefficient (Wildman–Crippen LogP) is 3.85. The van der Waals surface area contributed by atoms with Crippen LogP contribution in [0, 0.1) is 0 Å². The second kappa shape index (κ2) is 4.81. The zero-order valence-electron chi connectivity index (χ0n) is 10.6. The fraction of sp³-hybridized carbons (Fsp3) is 0.267. The van der Waals surface area contributed by atoms with Crippen molar-refractivity contribution in [2.75, 3.05) is 11.9 Å². The zero-order valence-corrected chi connectivity index (χ0v) is 10.6. The van der Waals surface area contributed by atoms with Crippen LogP contribution in [-0.2, 0) is 12.6 Å². The first-order valence-electron chi connectivity index (χ1n) is 6.39. The van der Waals surface area contributed by atoms with Gasteiger partial charge in [-0.2, -0.15) is 13.2 Å². The minimum absolute atomic E-state index is 0.268. The molecule has 2 nitrogen and oxygen atoms in total. The smallest absolute Gasteiger partial charge is 0.369 e. The number of hydrogen-bond donors (Lipinski definition) is 1. The van der Waals surface area contributed by atoms with E-state index < -0.39 is 11.7 Å². The molecular weight excluding hydrogens is 265 g/mol. The van der Waals surface area contributed by atoms with Crippen molar-refractivity contribution in [1.29, 1.82) is 0 Å². The topological polar surface area (TPSA) is 24.9 Å². The average Bonchev–Trinajstić information content (AvgIpc) is 2.39. The monoisotopic (exact) mass is 278 g/mol. The molecule has 0 spiro atoms. The number of nitrogens with one attached hydrogen (secondary N) is 1. The molecule has 1 heterocycles. The van der Waals surface area contributed by atoms with Crippen LogP contribution in [0.2, 0.25) is 0 Å². The average molecular weight is 278 g/mol. The molecule has 1 N–H and O–H groups in total. The molecule has 0 saturated carbocycles. The van der Waals surface area contributed by atoms with Gasteiger partial charge in [-0.1, -0.05) is 24.3 Å². The van der Waals surface area contributed by atoms with E-state index in [1.165, 1.54) is 17.3 Å². The van der Waals surface area contributed by atoms with E-state index in [9.17, 15) is 13.2 Å². The molecule has 0 bridgehead atoms. The van der Waals surface area contributed by atoms with Gasteiger partial charge in [0.25, 0.3) is 0 Å². The minimum Gasteiger partial charge on any atom is -0.369 e. The molecule has 104 valence electrons. The van der Waals surface area contributed by atoms with Crippen LogP contribution in [0.3, 0.4) is 0 Å². The molecule has 20 heavy (non-hydrogen) atoms. The summed E-state index contributed by atoms with van der Waals surface area (Å²) < 4.78 is 37.8. The predicted molar refractivity (Wildman–Crippen MR) is 70.6 cm³/mol. The first-order valence-corrected chi connectivity index (χ1v) is 6.39. The van der Waals surface area contributed by atoms with Gasteiger partial charge in [0.15, 0.2) is 0 Å². The van der Waals surface area contributed by atoms with Gasteiger partial charge in [-0.3, -0.25) is 0 Å². The standard InChI is InChI=1S/C15H13F3N2/c16-15(17,18)12-5-6-19-14(8-12)20-9-11-7-10-3-1-2-4-13(10)11/h1-6,8,11H,7,9H2,(H,19,20). The van der Waals surface area contributed by atoms with Crippen LogP contribution >= 0.6 is 0 Å². The third kappa shape index (κ3) is 2.48. The molecule has 0 aliphatic heterocycles. The van der Waals surface area contributed by atoms with Gasteiger partial charge in [-0.15, -0.1) is 0 Å². The Hall–Kier alpha value is -2.04. The lowest BCUT2D eigenvalue weighted by Crippen LogP contribution is -2.24. The summed E-state index contributed by atoms with van der Waals surface area (Å²) in [5.74, 6) is 0.617. The Morgan fingerprint density at radius 3 is 2.75 bits per heavy atom. The zero-order chi connectivity index (χ0) is 14.2. The first kappa shape index (κ1) is 13.0. The van der Waals surface area contributed by atoms with E-state index >= 15 is 0 Å². The van der Waals surface area contributed by atoms with Crippen molar-refractivity contribution in [2.45, 2.75) is 18.5 Å². The van der Waals surface area contributed by atoms with Crippen LogP contribution in [0.25, 0.3) is 0 Å². The highest BCUT2D eigenvalue weighted by atomic mass is 19.4. The molecule has 0 saturated heterocycles. The summed E-state index contributed by atoms with van der Waals surface area (Å²) in [5, 5.41) is 2.99. The number of alkyl halides is 3. The lowest BCUT2D eigenvalue weighted by atomic mass is 9.77. The number of fused-ring (bicyclic) bond motifs is 1. The van der Waals surface area contributed by atoms with E-state index in [1.807, 2.05) is 12.1 Å². The third-order valence-electron chi connectivity index (χ3n) is 3.58. The molecule has 3 rings (SSSR count). The molecular formula is C15H13F3N2. The van der Waals surface area contributed by atoms with Gasteiger partial charge in [0.05, 0.1) is 5.56 Å². The molecule has 1 aliphatic carbocycles. The van der Waals surface area contributed by atoms with Crippen molar-refractivity contribution in [3.05, 3.63) is 59.3 Å². The maximum atomic E-state index is 12.6. The van der Waals surface area contributed by atoms with Gasteiger partial charge in [-0.05, 0) is 29.7 Å². The Kier molecular flexibility index (Phi) is 3.12. The summed E-state index contributed by atoms with van der Waals surface area (Å²) in [7, 11) is 0. The number of nitrogens with zero attached hydrogens (tertiary/aromatic N) is 1. The molecule has 0 radical (unpaired) electrons. The van der Waals surface area contributed by atoms with Crippen molar-refractivity contribution < 1.29 is 13.2 Å². The summed E-state index contributed by atoms with van der Waals surface area (Å²) >= 11 is 0. The van der Waals surface area contributed by atoms with E-state index in [0.717, 1.165) is 18.6 Å². The third-order valence-corrected chi connectivity index (χ3v) is 3.58. The molecule has 5 heteroatoms. The molecule has 2 aromatic rings. The highest BCUT2D eigenvalue weighted by Gasteiger charge is 2.31. The van der Waals surface area contributed by atoms with Crippen LogP contribution in [-0.4, -0.2) is 11.5 Å². The Balaban J connectivity index is 1.66. The fourth-order valence-corrected chi connectivity index (χ4v) is 2.48. The second-order valence-electron chi connectivity index (χ2n) is 4.91. The summed E-state index contributed by atoms with van der Waals surface area (Å²) in [4.78, 5) is 3.93. The highest BCUT2D eigenvalue weighted by molar-refractivity contribution is 5.44. The van der Waals surface area contributed by atoms with Crippen molar-refractivity contribution >= 4 is 5.82 Å². The summed E-state index contributed by atoms with van der Waals surface area (Å²) in [6, 6.07) is 10.1. The summed E-state index contributed by atoms with van der Waals surface area (Å²) in [6.07, 6.45) is -2.19. The van der Waals surface area contributed by atoms with Gasteiger partial charge in [0.1, 0.15) is 5.82 Å². The van der Waals surface area contributed by atoms with Gasteiger partial charge in [0, 0.05) is 18.7 Å². The number of anilines is 1. The quantitative estimate of drug-likeness (QED) is 0.922. The largest absolute Gasteiger partial charge is 0.416 e. The molecule has 1 aromatic heterocycles. The number of hydrogen-bond acceptors (Lipinski definition) is 2. The van der Waals surface area contributed by atoms with Crippen LogP contribution in [0.5, 0.6) is 0 Å². The van der Waals surface area contributed by atoms with Crippen molar-refractivity contribution in [3.8, 4) is 0 Å². The van der Waals surface area contributed by atoms with Crippen molar-refractivity contribution in [2.24, 2.45) is 0 Å². The van der Waals surface area contributed by atoms with Gasteiger partial charge >= 0.3 is 6.18 Å². The van der Waals surface area contributed by atoms with E-state index in [2.05, 4.69) is 22.4 Å². The van der Waals surface area contributed by atoms with Gasteiger partial charge in [-0.25, -0.2) is 4.98 Å². The van der Waals surface area contributed by atoms with Gasteiger partial charge in [0.2, 0.25) is 0 Å². The van der Waals surface area contributed by atoms with Crippen LogP contribution in [0.15, 0.2) is 42.6 Å². The molecule has 0 fully saturated rings. The number of benzene rings is 1. The highest BCUT2D eigenvalue weighted by Crippen LogP contribution is 2.35. The molecule has 1 aromatic carbocycles. The fourth-order valence-electron chi connectivity index (χ4n) is 2.48. The van der Waals surface area contributed by atoms with E-state index in [4.69, 9.17) is 0 Å². The van der Waals surface area contributed by atoms with Crippen molar-refractivity contribution in [1.82, 2.24) is 4.98 Å². The lowest BCUT2D eigenvalue weighted by molar-refractivity contribution is -0.137. The molecule has 1 atom stereocenters. The summed E-state index contributed by atoms with van der Waals surface area (Å²) in [6.45, 7) is 0.603. The van der Waals surface area contributed by atoms with Crippen molar-refractivity contribution in [3.63, 3.8) is 0 Å². The Morgan fingerprint density at radius 2 is 2.00 bits per heavy atom. The summed E-state index contributed by atoms with van der Waals surface area (Å²) in [5.41, 5.74) is 1.91. The molecule has 1 aliphatic rings. The van der Waals surface area contributed by atoms with E-state index in [0.29, 0.717) is 12.5 Å². The maximum absolute atomic E-state index is 12.6. The van der Waals surface area contributed by atoms with E-state index in [1.54, 1.807) is 0 Å². The van der Waals surface area contributed by atoms with Crippen LogP contribution in [0.4, 0.5) is 19.0 Å². The SMILES string of the molecule is FC(F)(F)c1ccnc(NCC2Cc3ccccc32)c1. The van der Waals surface area contributed by atoms with Crippen LogP contribution in [0.1, 0.15) is 22.6 Å². The maximum Gasteiger partial charge on any atom is 0.416 e. The van der Waals surface area contributed by atoms with Crippen LogP contribution < -0.4 is 5.32 Å².